The maximum Gasteiger partial charge on any atom is 0.323 e. The van der Waals surface area contributed by atoms with Crippen molar-refractivity contribution in [1.29, 1.82) is 0 Å². The van der Waals surface area contributed by atoms with E-state index in [1.54, 1.807) is 0 Å². The third kappa shape index (κ3) is 4.09. The molecule has 0 radical (unpaired) electrons. The molecule has 0 amide bonds. The van der Waals surface area contributed by atoms with Crippen molar-refractivity contribution >= 4 is 5.97 Å². The molecule has 82 valence electrons. The van der Waals surface area contributed by atoms with Gasteiger partial charge < -0.3 is 10.1 Å². The summed E-state index contributed by atoms with van der Waals surface area (Å²) in [5.74, 6) is -0.0552. The maximum absolute atomic E-state index is 11.5. The molecule has 1 saturated heterocycles. The Hall–Kier alpha value is -0.570. The first-order valence-corrected chi connectivity index (χ1v) is 5.74. The fourth-order valence-corrected chi connectivity index (χ4v) is 1.65. The van der Waals surface area contributed by atoms with E-state index in [2.05, 4.69) is 12.2 Å². The van der Waals surface area contributed by atoms with E-state index in [0.29, 0.717) is 6.61 Å². The van der Waals surface area contributed by atoms with Crippen molar-refractivity contribution in [3.05, 3.63) is 0 Å². The molecule has 1 unspecified atom stereocenters. The molecule has 3 nitrogen and oxygen atoms in total. The Labute approximate surface area is 86.2 Å². The quantitative estimate of drug-likeness (QED) is 0.555. The van der Waals surface area contributed by atoms with Gasteiger partial charge in [-0.05, 0) is 25.8 Å². The number of carbonyl (C=O) groups is 1. The van der Waals surface area contributed by atoms with Crippen LogP contribution in [0.3, 0.4) is 0 Å². The third-order valence-corrected chi connectivity index (χ3v) is 2.59. The molecular weight excluding hydrogens is 178 g/mol. The lowest BCUT2D eigenvalue weighted by atomic mass is 10.1. The largest absolute Gasteiger partial charge is 0.465 e. The summed E-state index contributed by atoms with van der Waals surface area (Å²) in [5.41, 5.74) is 0. The van der Waals surface area contributed by atoms with Gasteiger partial charge in [0.2, 0.25) is 0 Å². The zero-order valence-corrected chi connectivity index (χ0v) is 9.05. The fraction of sp³-hybridized carbons (Fsp3) is 0.909. The van der Waals surface area contributed by atoms with Crippen molar-refractivity contribution in [2.45, 2.75) is 51.5 Å². The average molecular weight is 199 g/mol. The molecule has 1 fully saturated rings. The Morgan fingerprint density at radius 2 is 2.29 bits per heavy atom. The van der Waals surface area contributed by atoms with Gasteiger partial charge in [-0.25, -0.2) is 0 Å². The van der Waals surface area contributed by atoms with Crippen LogP contribution < -0.4 is 5.32 Å². The second kappa shape index (κ2) is 6.82. The lowest BCUT2D eigenvalue weighted by Gasteiger charge is -2.14. The Kier molecular flexibility index (Phi) is 5.60. The van der Waals surface area contributed by atoms with E-state index in [9.17, 15) is 4.79 Å². The molecule has 1 heterocycles. The van der Waals surface area contributed by atoms with Crippen molar-refractivity contribution in [1.82, 2.24) is 5.32 Å². The highest BCUT2D eigenvalue weighted by Gasteiger charge is 2.20. The Morgan fingerprint density at radius 3 is 3.07 bits per heavy atom. The van der Waals surface area contributed by atoms with E-state index in [1.807, 2.05) is 0 Å². The lowest BCUT2D eigenvalue weighted by Crippen LogP contribution is -2.37. The zero-order valence-electron chi connectivity index (χ0n) is 9.05. The molecular formula is C11H21NO2. The van der Waals surface area contributed by atoms with Crippen LogP contribution in [0.1, 0.15) is 45.4 Å². The van der Waals surface area contributed by atoms with Gasteiger partial charge in [-0.1, -0.05) is 26.2 Å². The molecule has 1 N–H and O–H groups in total. The summed E-state index contributed by atoms with van der Waals surface area (Å²) < 4.78 is 5.18. The molecule has 0 spiro atoms. The monoisotopic (exact) mass is 199 g/mol. The van der Waals surface area contributed by atoms with E-state index in [4.69, 9.17) is 4.74 Å². The van der Waals surface area contributed by atoms with E-state index in [0.717, 1.165) is 32.2 Å². The van der Waals surface area contributed by atoms with Crippen LogP contribution >= 0.6 is 0 Å². The molecule has 0 aromatic carbocycles. The molecule has 14 heavy (non-hydrogen) atoms. The predicted octanol–water partition coefficient (Wildman–Crippen LogP) is 1.86. The van der Waals surface area contributed by atoms with Crippen molar-refractivity contribution in [2.24, 2.45) is 0 Å². The van der Waals surface area contributed by atoms with Crippen LogP contribution in [0.5, 0.6) is 0 Å². The van der Waals surface area contributed by atoms with Gasteiger partial charge in [0.05, 0.1) is 6.61 Å². The first-order chi connectivity index (χ1) is 6.84. The van der Waals surface area contributed by atoms with Gasteiger partial charge in [0, 0.05) is 0 Å². The lowest BCUT2D eigenvalue weighted by molar-refractivity contribution is -0.146. The average Bonchev–Trinajstić information content (AvgIpc) is 2.46. The summed E-state index contributed by atoms with van der Waals surface area (Å²) in [6.07, 6.45) is 6.53. The normalized spacial score (nSPS) is 22.8. The first kappa shape index (κ1) is 11.5. The second-order valence-corrected chi connectivity index (χ2v) is 3.88. The van der Waals surface area contributed by atoms with Gasteiger partial charge in [0.15, 0.2) is 0 Å². The minimum Gasteiger partial charge on any atom is -0.465 e. The number of unbranched alkanes of at least 4 members (excludes halogenated alkanes) is 1. The van der Waals surface area contributed by atoms with E-state index in [-0.39, 0.29) is 12.0 Å². The van der Waals surface area contributed by atoms with Gasteiger partial charge in [-0.2, -0.15) is 0 Å². The number of rotatable bonds is 4. The van der Waals surface area contributed by atoms with Crippen LogP contribution in [0.2, 0.25) is 0 Å². The van der Waals surface area contributed by atoms with E-state index < -0.39 is 0 Å². The van der Waals surface area contributed by atoms with Crippen LogP contribution in [0.15, 0.2) is 0 Å². The highest BCUT2D eigenvalue weighted by atomic mass is 16.5. The molecule has 0 bridgehead atoms. The summed E-state index contributed by atoms with van der Waals surface area (Å²) in [6, 6.07) is -0.0469. The van der Waals surface area contributed by atoms with Crippen molar-refractivity contribution < 1.29 is 9.53 Å². The number of hydrogen-bond acceptors (Lipinski definition) is 3. The van der Waals surface area contributed by atoms with Crippen LogP contribution in [-0.2, 0) is 9.53 Å². The second-order valence-electron chi connectivity index (χ2n) is 3.88. The Balaban J connectivity index is 2.20. The molecule has 0 aliphatic carbocycles. The first-order valence-electron chi connectivity index (χ1n) is 5.74. The maximum atomic E-state index is 11.5. The van der Waals surface area contributed by atoms with Crippen molar-refractivity contribution in [3.63, 3.8) is 0 Å². The van der Waals surface area contributed by atoms with Gasteiger partial charge in [0.1, 0.15) is 6.04 Å². The molecule has 0 saturated carbocycles. The molecule has 1 rings (SSSR count). The summed E-state index contributed by atoms with van der Waals surface area (Å²) in [4.78, 5) is 11.5. The Morgan fingerprint density at radius 1 is 1.43 bits per heavy atom. The SMILES string of the molecule is CCCCOC(=O)C1CCCCCN1. The molecule has 0 aromatic rings. The van der Waals surface area contributed by atoms with Crippen LogP contribution in [-0.4, -0.2) is 25.2 Å². The smallest absolute Gasteiger partial charge is 0.323 e. The van der Waals surface area contributed by atoms with Crippen molar-refractivity contribution in [2.75, 3.05) is 13.2 Å². The summed E-state index contributed by atoms with van der Waals surface area (Å²) in [5, 5.41) is 3.23. The molecule has 1 atom stereocenters. The van der Waals surface area contributed by atoms with Crippen LogP contribution in [0, 0.1) is 0 Å². The minimum atomic E-state index is -0.0552. The highest BCUT2D eigenvalue weighted by Crippen LogP contribution is 2.09. The number of hydrogen-bond donors (Lipinski definition) is 1. The van der Waals surface area contributed by atoms with Crippen LogP contribution in [0.4, 0.5) is 0 Å². The summed E-state index contributed by atoms with van der Waals surface area (Å²) in [7, 11) is 0. The summed E-state index contributed by atoms with van der Waals surface area (Å²) >= 11 is 0. The molecule has 0 aromatic heterocycles. The zero-order chi connectivity index (χ0) is 10.2. The number of ether oxygens (including phenoxy) is 1. The van der Waals surface area contributed by atoms with Crippen molar-refractivity contribution in [3.8, 4) is 0 Å². The number of nitrogens with one attached hydrogen (secondary N) is 1. The minimum absolute atomic E-state index is 0.0469. The predicted molar refractivity (Wildman–Crippen MR) is 56.1 cm³/mol. The molecule has 3 heteroatoms. The van der Waals surface area contributed by atoms with E-state index in [1.165, 1.54) is 12.8 Å². The van der Waals surface area contributed by atoms with E-state index >= 15 is 0 Å². The third-order valence-electron chi connectivity index (χ3n) is 2.59. The fourth-order valence-electron chi connectivity index (χ4n) is 1.65. The van der Waals surface area contributed by atoms with Gasteiger partial charge in [-0.3, -0.25) is 4.79 Å². The highest BCUT2D eigenvalue weighted by molar-refractivity contribution is 5.75. The van der Waals surface area contributed by atoms with Crippen LogP contribution in [0.25, 0.3) is 0 Å². The number of esters is 1. The van der Waals surface area contributed by atoms with Gasteiger partial charge >= 0.3 is 5.97 Å². The van der Waals surface area contributed by atoms with Gasteiger partial charge in [0.25, 0.3) is 0 Å². The summed E-state index contributed by atoms with van der Waals surface area (Å²) in [6.45, 7) is 3.62. The number of carbonyl (C=O) groups excluding carboxylic acids is 1. The molecule has 1 aliphatic rings. The topological polar surface area (TPSA) is 38.3 Å². The standard InChI is InChI=1S/C11H21NO2/c1-2-3-9-14-11(13)10-7-5-4-6-8-12-10/h10,12H,2-9H2,1H3. The molecule has 1 aliphatic heterocycles. The Bertz CT molecular complexity index is 163. The van der Waals surface area contributed by atoms with Gasteiger partial charge in [-0.15, -0.1) is 0 Å².